The number of rotatable bonds is 1. The average Bonchev–Trinajstić information content (AvgIpc) is 2.91. The maximum Gasteiger partial charge on any atom is 0.494 e. The van der Waals surface area contributed by atoms with Crippen molar-refractivity contribution < 1.29 is 9.31 Å². The van der Waals surface area contributed by atoms with Crippen molar-refractivity contribution in [2.24, 2.45) is 0 Å². The summed E-state index contributed by atoms with van der Waals surface area (Å²) in [5, 5.41) is 0. The van der Waals surface area contributed by atoms with E-state index < -0.39 is 0 Å². The van der Waals surface area contributed by atoms with Gasteiger partial charge in [0.25, 0.3) is 0 Å². The van der Waals surface area contributed by atoms with Crippen molar-refractivity contribution in [2.45, 2.75) is 45.3 Å². The zero-order valence-electron chi connectivity index (χ0n) is 14.1. The van der Waals surface area contributed by atoms with Gasteiger partial charge >= 0.3 is 7.12 Å². The molecule has 0 amide bonds. The van der Waals surface area contributed by atoms with E-state index in [0.29, 0.717) is 0 Å². The smallest absolute Gasteiger partial charge is 0.399 e. The number of hydrogen-bond acceptors (Lipinski definition) is 3. The molecule has 0 spiro atoms. The van der Waals surface area contributed by atoms with E-state index in [4.69, 9.17) is 15.0 Å². The molecular formula is C19H22BNO2. The Labute approximate surface area is 137 Å². The predicted molar refractivity (Wildman–Crippen MR) is 94.8 cm³/mol. The van der Waals surface area contributed by atoms with Crippen LogP contribution in [0.5, 0.6) is 0 Å². The fourth-order valence-electron chi connectivity index (χ4n) is 3.38. The van der Waals surface area contributed by atoms with E-state index in [9.17, 15) is 0 Å². The van der Waals surface area contributed by atoms with Crippen LogP contribution in [0.15, 0.2) is 36.4 Å². The highest BCUT2D eigenvalue weighted by molar-refractivity contribution is 6.62. The van der Waals surface area contributed by atoms with E-state index in [0.717, 1.165) is 17.6 Å². The molecule has 23 heavy (non-hydrogen) atoms. The molecule has 1 fully saturated rings. The molecule has 1 aliphatic heterocycles. The summed E-state index contributed by atoms with van der Waals surface area (Å²) in [4.78, 5) is 0. The number of benzene rings is 2. The van der Waals surface area contributed by atoms with Crippen molar-refractivity contribution in [1.82, 2.24) is 0 Å². The molecule has 4 heteroatoms. The lowest BCUT2D eigenvalue weighted by Crippen LogP contribution is -2.41. The zero-order valence-corrected chi connectivity index (χ0v) is 14.1. The van der Waals surface area contributed by atoms with Gasteiger partial charge < -0.3 is 15.0 Å². The topological polar surface area (TPSA) is 44.5 Å². The Kier molecular flexibility index (Phi) is 2.97. The van der Waals surface area contributed by atoms with Crippen molar-refractivity contribution in [3.8, 4) is 11.1 Å². The minimum absolute atomic E-state index is 0.306. The first-order chi connectivity index (χ1) is 10.8. The van der Waals surface area contributed by atoms with E-state index in [1.807, 2.05) is 6.07 Å². The Bertz CT molecular complexity index is 782. The maximum atomic E-state index is 6.16. The molecule has 2 N–H and O–H groups in total. The van der Waals surface area contributed by atoms with Crippen LogP contribution >= 0.6 is 0 Å². The van der Waals surface area contributed by atoms with E-state index in [-0.39, 0.29) is 18.3 Å². The summed E-state index contributed by atoms with van der Waals surface area (Å²) in [5.41, 5.74) is 12.4. The first-order valence-electron chi connectivity index (χ1n) is 8.14. The summed E-state index contributed by atoms with van der Waals surface area (Å²) in [6, 6.07) is 12.7. The summed E-state index contributed by atoms with van der Waals surface area (Å²) in [6.45, 7) is 8.33. The van der Waals surface area contributed by atoms with Crippen LogP contribution in [0, 0.1) is 0 Å². The van der Waals surface area contributed by atoms with Gasteiger partial charge in [-0.2, -0.15) is 0 Å². The molecule has 2 aliphatic rings. The van der Waals surface area contributed by atoms with Crippen LogP contribution in [-0.2, 0) is 15.7 Å². The molecule has 2 aromatic carbocycles. The Hall–Kier alpha value is -1.78. The van der Waals surface area contributed by atoms with Crippen molar-refractivity contribution in [3.05, 3.63) is 47.5 Å². The van der Waals surface area contributed by atoms with Crippen LogP contribution in [0.2, 0.25) is 0 Å². The van der Waals surface area contributed by atoms with Gasteiger partial charge in [-0.15, -0.1) is 0 Å². The monoisotopic (exact) mass is 307 g/mol. The molecule has 4 rings (SSSR count). The third kappa shape index (κ3) is 2.20. The zero-order chi connectivity index (χ0) is 16.4. The van der Waals surface area contributed by atoms with Crippen LogP contribution in [0.1, 0.15) is 38.8 Å². The second-order valence-electron chi connectivity index (χ2n) is 7.60. The van der Waals surface area contributed by atoms with E-state index >= 15 is 0 Å². The van der Waals surface area contributed by atoms with Gasteiger partial charge in [0, 0.05) is 5.69 Å². The van der Waals surface area contributed by atoms with Crippen LogP contribution in [-0.4, -0.2) is 18.3 Å². The van der Waals surface area contributed by atoms with Gasteiger partial charge in [0.15, 0.2) is 0 Å². The lowest BCUT2D eigenvalue weighted by molar-refractivity contribution is 0.00578. The third-order valence-electron chi connectivity index (χ3n) is 5.46. The van der Waals surface area contributed by atoms with Crippen LogP contribution in [0.4, 0.5) is 5.69 Å². The first kappa shape index (κ1) is 14.8. The molecule has 0 unspecified atom stereocenters. The molecule has 1 heterocycles. The Morgan fingerprint density at radius 1 is 0.870 bits per heavy atom. The van der Waals surface area contributed by atoms with Crippen molar-refractivity contribution in [1.29, 1.82) is 0 Å². The van der Waals surface area contributed by atoms with Gasteiger partial charge in [-0.05, 0) is 74.0 Å². The SMILES string of the molecule is CC1(C)OB(c2ccc3c(c2)Cc2cc(N)ccc2-3)OC1(C)C. The van der Waals surface area contributed by atoms with Crippen LogP contribution in [0.25, 0.3) is 11.1 Å². The Morgan fingerprint density at radius 3 is 2.09 bits per heavy atom. The molecule has 2 aromatic rings. The standard InChI is InChI=1S/C19H22BNO2/c1-18(2)19(3,4)23-20(22-18)14-5-7-16-12(10-14)9-13-11-15(21)6-8-17(13)16/h5-8,10-11H,9,21H2,1-4H3. The largest absolute Gasteiger partial charge is 0.494 e. The van der Waals surface area contributed by atoms with Crippen LogP contribution < -0.4 is 11.2 Å². The predicted octanol–water partition coefficient (Wildman–Crippen LogP) is 3.14. The number of nitrogen functional groups attached to an aromatic ring is 1. The molecule has 118 valence electrons. The maximum absolute atomic E-state index is 6.16. The van der Waals surface area contributed by atoms with Gasteiger partial charge in [0.1, 0.15) is 0 Å². The van der Waals surface area contributed by atoms with Crippen LogP contribution in [0.3, 0.4) is 0 Å². The normalized spacial score (nSPS) is 20.4. The highest BCUT2D eigenvalue weighted by Gasteiger charge is 2.51. The summed E-state index contributed by atoms with van der Waals surface area (Å²) in [7, 11) is -0.306. The van der Waals surface area contributed by atoms with Gasteiger partial charge in [0.05, 0.1) is 11.2 Å². The highest BCUT2D eigenvalue weighted by atomic mass is 16.7. The van der Waals surface area contributed by atoms with E-state index in [1.165, 1.54) is 22.3 Å². The molecule has 0 saturated carbocycles. The number of nitrogens with two attached hydrogens (primary N) is 1. The van der Waals surface area contributed by atoms with Gasteiger partial charge in [-0.3, -0.25) is 0 Å². The Balaban J connectivity index is 1.68. The average molecular weight is 307 g/mol. The molecule has 0 radical (unpaired) electrons. The molecule has 3 nitrogen and oxygen atoms in total. The number of hydrogen-bond donors (Lipinski definition) is 1. The Morgan fingerprint density at radius 2 is 1.43 bits per heavy atom. The van der Waals surface area contributed by atoms with Gasteiger partial charge in [-0.25, -0.2) is 0 Å². The summed E-state index contributed by atoms with van der Waals surface area (Å²) in [5.74, 6) is 0. The van der Waals surface area contributed by atoms with Gasteiger partial charge in [-0.1, -0.05) is 24.3 Å². The molecule has 0 aromatic heterocycles. The quantitative estimate of drug-likeness (QED) is 0.555. The van der Waals surface area contributed by atoms with Crippen molar-refractivity contribution in [2.75, 3.05) is 5.73 Å². The molecule has 0 bridgehead atoms. The second-order valence-corrected chi connectivity index (χ2v) is 7.60. The first-order valence-corrected chi connectivity index (χ1v) is 8.14. The summed E-state index contributed by atoms with van der Waals surface area (Å²) >= 11 is 0. The molecule has 1 aliphatic carbocycles. The molecule has 0 atom stereocenters. The van der Waals surface area contributed by atoms with Gasteiger partial charge in [0.2, 0.25) is 0 Å². The number of fused-ring (bicyclic) bond motifs is 3. The van der Waals surface area contributed by atoms with E-state index in [2.05, 4.69) is 58.0 Å². The fourth-order valence-corrected chi connectivity index (χ4v) is 3.38. The second kappa shape index (κ2) is 4.62. The molecule has 1 saturated heterocycles. The number of anilines is 1. The minimum Gasteiger partial charge on any atom is -0.399 e. The fraction of sp³-hybridized carbons (Fsp3) is 0.368. The lowest BCUT2D eigenvalue weighted by Gasteiger charge is -2.32. The lowest BCUT2D eigenvalue weighted by atomic mass is 9.78. The van der Waals surface area contributed by atoms with Crippen molar-refractivity contribution >= 4 is 18.3 Å². The summed E-state index contributed by atoms with van der Waals surface area (Å²) < 4.78 is 12.3. The molecular weight excluding hydrogens is 285 g/mol. The highest BCUT2D eigenvalue weighted by Crippen LogP contribution is 2.39. The van der Waals surface area contributed by atoms with E-state index in [1.54, 1.807) is 0 Å². The minimum atomic E-state index is -0.311. The van der Waals surface area contributed by atoms with Crippen molar-refractivity contribution in [3.63, 3.8) is 0 Å². The third-order valence-corrected chi connectivity index (χ3v) is 5.46. The summed E-state index contributed by atoms with van der Waals surface area (Å²) in [6.07, 6.45) is 0.920.